The maximum atomic E-state index is 13.8. The zero-order valence-electron chi connectivity index (χ0n) is 24.0. The van der Waals surface area contributed by atoms with Gasteiger partial charge < -0.3 is 25.6 Å². The Kier molecular flexibility index (Phi) is 8.02. The minimum atomic E-state index is -0.541. The maximum absolute atomic E-state index is 13.8. The van der Waals surface area contributed by atoms with E-state index in [-0.39, 0.29) is 10.6 Å². The van der Waals surface area contributed by atoms with Gasteiger partial charge in [0.25, 0.3) is 5.91 Å². The number of aromatic nitrogens is 3. The number of rotatable bonds is 6. The van der Waals surface area contributed by atoms with Crippen LogP contribution in [0.15, 0.2) is 48.9 Å². The number of hydrogen-bond donors (Lipinski definition) is 4. The van der Waals surface area contributed by atoms with E-state index in [9.17, 15) is 9.18 Å². The third kappa shape index (κ3) is 5.54. The summed E-state index contributed by atoms with van der Waals surface area (Å²) in [6.45, 7) is 5.04. The number of fused-ring (bicyclic) bond motifs is 1. The molecule has 1 aliphatic carbocycles. The first kappa shape index (κ1) is 28.4. The van der Waals surface area contributed by atoms with Crippen LogP contribution in [0.1, 0.15) is 42.1 Å². The SMILES string of the molecule is COc1cc(-c2cn(C3CCC([NH+]4CC[NH+](C)CC4)CC3)c3[nH+]cnc(N)c23)ccc1NC(=O)c1cc(F)ccc1Cl. The van der Waals surface area contributed by atoms with Gasteiger partial charge in [-0.1, -0.05) is 22.7 Å². The number of halogens is 2. The summed E-state index contributed by atoms with van der Waals surface area (Å²) in [6, 6.07) is 10.3. The molecule has 1 amide bonds. The van der Waals surface area contributed by atoms with Gasteiger partial charge in [0.2, 0.25) is 17.8 Å². The van der Waals surface area contributed by atoms with Crippen LogP contribution in [0.4, 0.5) is 15.9 Å². The van der Waals surface area contributed by atoms with Crippen molar-refractivity contribution >= 4 is 40.0 Å². The Hall–Kier alpha value is -3.73. The fraction of sp³-hybridized carbons (Fsp3) is 0.387. The Morgan fingerprint density at radius 1 is 1.14 bits per heavy atom. The number of anilines is 2. The maximum Gasteiger partial charge on any atom is 0.257 e. The normalized spacial score (nSPS) is 22.7. The highest BCUT2D eigenvalue weighted by Crippen LogP contribution is 2.39. The van der Waals surface area contributed by atoms with E-state index >= 15 is 0 Å². The number of nitrogens with one attached hydrogen (secondary N) is 4. The highest BCUT2D eigenvalue weighted by Gasteiger charge is 2.35. The average molecular weight is 595 g/mol. The van der Waals surface area contributed by atoms with E-state index in [1.54, 1.807) is 29.3 Å². The second-order valence-electron chi connectivity index (χ2n) is 11.6. The van der Waals surface area contributed by atoms with E-state index in [0.717, 1.165) is 47.1 Å². The highest BCUT2D eigenvalue weighted by molar-refractivity contribution is 6.34. The second kappa shape index (κ2) is 11.9. The lowest BCUT2D eigenvalue weighted by atomic mass is 9.89. The molecule has 3 heterocycles. The third-order valence-corrected chi connectivity index (χ3v) is 9.37. The van der Waals surface area contributed by atoms with Gasteiger partial charge in [0.15, 0.2) is 0 Å². The number of aromatic amines is 1. The molecule has 1 aliphatic heterocycles. The van der Waals surface area contributed by atoms with E-state index < -0.39 is 11.7 Å². The number of methoxy groups -OCH3 is 1. The van der Waals surface area contributed by atoms with Gasteiger partial charge in [0.1, 0.15) is 43.1 Å². The molecule has 6 rings (SSSR count). The van der Waals surface area contributed by atoms with Gasteiger partial charge >= 0.3 is 0 Å². The third-order valence-electron chi connectivity index (χ3n) is 9.04. The molecule has 1 saturated carbocycles. The van der Waals surface area contributed by atoms with Crippen LogP contribution >= 0.6 is 11.6 Å². The molecule has 9 nitrogen and oxygen atoms in total. The number of nitrogen functional groups attached to an aromatic ring is 1. The summed E-state index contributed by atoms with van der Waals surface area (Å²) in [5, 5.41) is 3.82. The zero-order valence-corrected chi connectivity index (χ0v) is 24.7. The molecular formula is C31H38ClFN7O2+3. The first-order valence-corrected chi connectivity index (χ1v) is 15.0. The fourth-order valence-corrected chi connectivity index (χ4v) is 6.86. The summed E-state index contributed by atoms with van der Waals surface area (Å²) >= 11 is 6.14. The van der Waals surface area contributed by atoms with Gasteiger partial charge in [-0.2, -0.15) is 0 Å². The van der Waals surface area contributed by atoms with Crippen molar-refractivity contribution in [2.45, 2.75) is 37.8 Å². The fourth-order valence-electron chi connectivity index (χ4n) is 6.66. The van der Waals surface area contributed by atoms with Crippen molar-refractivity contribution in [2.24, 2.45) is 0 Å². The Morgan fingerprint density at radius 3 is 2.64 bits per heavy atom. The monoisotopic (exact) mass is 594 g/mol. The highest BCUT2D eigenvalue weighted by atomic mass is 35.5. The summed E-state index contributed by atoms with van der Waals surface area (Å²) in [7, 11) is 3.83. The lowest BCUT2D eigenvalue weighted by Gasteiger charge is -2.36. The number of ether oxygens (including phenoxy) is 1. The molecule has 2 aliphatic rings. The molecule has 0 spiro atoms. The minimum absolute atomic E-state index is 0.0466. The Bertz CT molecular complexity index is 1610. The molecule has 1 saturated heterocycles. The summed E-state index contributed by atoms with van der Waals surface area (Å²) in [5.74, 6) is -0.160. The summed E-state index contributed by atoms with van der Waals surface area (Å²) < 4.78 is 21.7. The van der Waals surface area contributed by atoms with E-state index in [2.05, 4.69) is 33.1 Å². The predicted molar refractivity (Wildman–Crippen MR) is 161 cm³/mol. The van der Waals surface area contributed by atoms with Crippen LogP contribution < -0.4 is 30.6 Å². The number of likely N-dealkylation sites (N-methyl/N-ethyl adjacent to an activating group) is 1. The molecule has 2 fully saturated rings. The number of benzene rings is 2. The van der Waals surface area contributed by atoms with Gasteiger partial charge in [0.05, 0.1) is 48.7 Å². The lowest BCUT2D eigenvalue weighted by molar-refractivity contribution is -1.02. The molecule has 0 unspecified atom stereocenters. The summed E-state index contributed by atoms with van der Waals surface area (Å²) in [6.07, 6.45) is 8.48. The second-order valence-corrected chi connectivity index (χ2v) is 12.0. The number of nitrogens with two attached hydrogens (primary N) is 1. The molecule has 0 bridgehead atoms. The minimum Gasteiger partial charge on any atom is -0.495 e. The molecule has 2 aromatic carbocycles. The quantitative estimate of drug-likeness (QED) is 0.274. The van der Waals surface area contributed by atoms with Crippen molar-refractivity contribution in [3.05, 3.63) is 65.3 Å². The molecule has 4 aromatic rings. The van der Waals surface area contributed by atoms with Crippen molar-refractivity contribution in [2.75, 3.05) is 51.4 Å². The molecule has 220 valence electrons. The van der Waals surface area contributed by atoms with E-state index in [1.807, 2.05) is 12.1 Å². The van der Waals surface area contributed by atoms with Crippen LogP contribution in [-0.4, -0.2) is 61.8 Å². The Morgan fingerprint density at radius 2 is 1.90 bits per heavy atom. The van der Waals surface area contributed by atoms with Gasteiger partial charge in [-0.05, 0) is 48.7 Å². The van der Waals surface area contributed by atoms with Crippen LogP contribution in [0.5, 0.6) is 5.75 Å². The van der Waals surface area contributed by atoms with Gasteiger partial charge in [-0.25, -0.2) is 9.37 Å². The molecule has 6 N–H and O–H groups in total. The predicted octanol–water partition coefficient (Wildman–Crippen LogP) is 2.05. The van der Waals surface area contributed by atoms with Crippen LogP contribution in [0.25, 0.3) is 22.2 Å². The average Bonchev–Trinajstić information content (AvgIpc) is 3.40. The number of nitrogens with zero attached hydrogens (tertiary/aromatic N) is 2. The number of piperazine rings is 1. The molecule has 0 radical (unpaired) electrons. The molecule has 42 heavy (non-hydrogen) atoms. The first-order valence-electron chi connectivity index (χ1n) is 14.6. The number of carbonyl (C=O) groups is 1. The lowest BCUT2D eigenvalue weighted by Crippen LogP contribution is -3.28. The summed E-state index contributed by atoms with van der Waals surface area (Å²) in [5.41, 5.74) is 9.70. The molecular weight excluding hydrogens is 557 g/mol. The van der Waals surface area contributed by atoms with Crippen molar-refractivity contribution in [3.63, 3.8) is 0 Å². The number of hydrogen-bond acceptors (Lipinski definition) is 4. The number of H-pyrrole nitrogens is 1. The van der Waals surface area contributed by atoms with Crippen LogP contribution in [0.3, 0.4) is 0 Å². The first-order chi connectivity index (χ1) is 20.3. The smallest absolute Gasteiger partial charge is 0.257 e. The van der Waals surface area contributed by atoms with Crippen LogP contribution in [0.2, 0.25) is 5.02 Å². The van der Waals surface area contributed by atoms with Gasteiger partial charge in [-0.3, -0.25) is 9.36 Å². The molecule has 2 aromatic heterocycles. The van der Waals surface area contributed by atoms with Crippen molar-refractivity contribution in [3.8, 4) is 16.9 Å². The van der Waals surface area contributed by atoms with Gasteiger partial charge in [0, 0.05) is 18.4 Å². The number of carbonyl (C=O) groups excluding carboxylic acids is 1. The van der Waals surface area contributed by atoms with Crippen molar-refractivity contribution in [1.82, 2.24) is 9.55 Å². The van der Waals surface area contributed by atoms with Crippen molar-refractivity contribution in [1.29, 1.82) is 0 Å². The van der Waals surface area contributed by atoms with E-state index in [4.69, 9.17) is 22.1 Å². The number of amides is 1. The molecule has 11 heteroatoms. The number of quaternary nitrogens is 2. The van der Waals surface area contributed by atoms with Gasteiger partial charge in [-0.15, -0.1) is 0 Å². The van der Waals surface area contributed by atoms with E-state index in [1.165, 1.54) is 51.2 Å². The standard InChI is InChI=1S/C31H35ClFN7O2/c1-38-11-13-39(14-12-38)21-5-7-22(8-6-21)40-17-24(28-29(34)35-18-36-30(28)40)19-3-10-26(27(15-19)42-2)37-31(41)23-16-20(33)4-9-25(23)32/h3-4,9-10,15-18,21-22H,5-8,11-14H2,1-2H3,(H,37,41)(H2,34,35,36)/p+3. The van der Waals surface area contributed by atoms with Crippen LogP contribution in [0, 0.1) is 5.82 Å². The zero-order chi connectivity index (χ0) is 29.4. The van der Waals surface area contributed by atoms with Crippen LogP contribution in [-0.2, 0) is 0 Å². The van der Waals surface area contributed by atoms with Crippen molar-refractivity contribution < 1.29 is 28.7 Å². The van der Waals surface area contributed by atoms with E-state index in [0.29, 0.717) is 23.3 Å². The summed E-state index contributed by atoms with van der Waals surface area (Å²) in [4.78, 5) is 24.0. The molecule has 0 atom stereocenters. The topological polar surface area (TPSA) is 105 Å². The Balaban J connectivity index is 1.27. The largest absolute Gasteiger partial charge is 0.495 e. The Labute approximate surface area is 249 Å².